The molecule has 6 nitrogen and oxygen atoms in total. The number of piperidine rings is 1. The zero-order valence-corrected chi connectivity index (χ0v) is 12.3. The lowest BCUT2D eigenvalue weighted by Crippen LogP contribution is -2.34. The van der Waals surface area contributed by atoms with Gasteiger partial charge in [-0.25, -0.2) is 4.98 Å². The lowest BCUT2D eigenvalue weighted by atomic mass is 9.97. The first-order chi connectivity index (χ1) is 10.3. The monoisotopic (exact) mass is 288 g/mol. The van der Waals surface area contributed by atoms with Gasteiger partial charge in [0.1, 0.15) is 5.76 Å². The summed E-state index contributed by atoms with van der Waals surface area (Å²) in [4.78, 5) is 11.3. The molecule has 0 bridgehead atoms. The van der Waals surface area contributed by atoms with E-state index in [2.05, 4.69) is 20.0 Å². The minimum Gasteiger partial charge on any atom is -0.445 e. The number of nitrogens with zero attached hydrogens (tertiary/aromatic N) is 4. The second kappa shape index (κ2) is 5.26. The Bertz CT molecular complexity index is 617. The highest BCUT2D eigenvalue weighted by atomic mass is 16.5. The molecule has 0 N–H and O–H groups in total. The number of rotatable bonds is 4. The molecular formula is C15H20N4O2. The molecule has 3 heterocycles. The van der Waals surface area contributed by atoms with E-state index >= 15 is 0 Å². The minimum atomic E-state index is 0.367. The van der Waals surface area contributed by atoms with E-state index in [0.717, 1.165) is 55.8 Å². The van der Waals surface area contributed by atoms with E-state index in [1.165, 1.54) is 12.8 Å². The third-order valence-corrected chi connectivity index (χ3v) is 4.28. The van der Waals surface area contributed by atoms with Crippen LogP contribution in [-0.4, -0.2) is 33.1 Å². The van der Waals surface area contributed by atoms with E-state index < -0.39 is 0 Å². The highest BCUT2D eigenvalue weighted by Crippen LogP contribution is 2.39. The van der Waals surface area contributed by atoms with Crippen LogP contribution in [0.2, 0.25) is 0 Å². The van der Waals surface area contributed by atoms with Crippen molar-refractivity contribution in [1.29, 1.82) is 0 Å². The molecule has 1 unspecified atom stereocenters. The first kappa shape index (κ1) is 13.0. The summed E-state index contributed by atoms with van der Waals surface area (Å²) in [5.74, 6) is 4.27. The molecule has 2 aromatic rings. The van der Waals surface area contributed by atoms with Gasteiger partial charge in [0, 0.05) is 18.4 Å². The minimum absolute atomic E-state index is 0.367. The Hall–Kier alpha value is -1.69. The molecule has 112 valence electrons. The van der Waals surface area contributed by atoms with Gasteiger partial charge in [-0.1, -0.05) is 5.16 Å². The van der Waals surface area contributed by atoms with E-state index in [4.69, 9.17) is 8.94 Å². The average Bonchev–Trinajstić information content (AvgIpc) is 3.07. The van der Waals surface area contributed by atoms with Crippen LogP contribution < -0.4 is 0 Å². The van der Waals surface area contributed by atoms with Gasteiger partial charge in [0.15, 0.2) is 5.82 Å². The molecule has 0 amide bonds. The van der Waals surface area contributed by atoms with Crippen molar-refractivity contribution in [2.24, 2.45) is 0 Å². The Morgan fingerprint density at radius 3 is 2.95 bits per heavy atom. The molecule has 1 saturated carbocycles. The van der Waals surface area contributed by atoms with Crippen LogP contribution in [0.15, 0.2) is 15.1 Å². The van der Waals surface area contributed by atoms with Crippen LogP contribution in [0.25, 0.3) is 0 Å². The molecule has 2 aromatic heterocycles. The number of hydrogen-bond acceptors (Lipinski definition) is 6. The standard InChI is InChI=1S/C15H20N4O2/c1-10-7-16-13(20-10)9-19-6-2-3-12(8-19)14-17-15(21-18-14)11-4-5-11/h7,11-12H,2-6,8-9H2,1H3. The Morgan fingerprint density at radius 1 is 1.29 bits per heavy atom. The second-order valence-corrected chi connectivity index (χ2v) is 6.20. The SMILES string of the molecule is Cc1cnc(CN2CCCC(c3noc(C4CC4)n3)C2)o1. The van der Waals surface area contributed by atoms with Crippen LogP contribution in [0.1, 0.15) is 60.9 Å². The summed E-state index contributed by atoms with van der Waals surface area (Å²) < 4.78 is 11.0. The van der Waals surface area contributed by atoms with E-state index in [9.17, 15) is 0 Å². The number of oxazole rings is 1. The van der Waals surface area contributed by atoms with E-state index in [1.54, 1.807) is 6.20 Å². The van der Waals surface area contributed by atoms with Crippen molar-refractivity contribution in [3.63, 3.8) is 0 Å². The highest BCUT2D eigenvalue weighted by molar-refractivity contribution is 5.05. The van der Waals surface area contributed by atoms with Crippen LogP contribution in [0.5, 0.6) is 0 Å². The van der Waals surface area contributed by atoms with Gasteiger partial charge < -0.3 is 8.94 Å². The van der Waals surface area contributed by atoms with Gasteiger partial charge in [-0.3, -0.25) is 4.90 Å². The number of aromatic nitrogens is 3. The van der Waals surface area contributed by atoms with E-state index in [-0.39, 0.29) is 0 Å². The van der Waals surface area contributed by atoms with Crippen molar-refractivity contribution in [1.82, 2.24) is 20.0 Å². The van der Waals surface area contributed by atoms with Gasteiger partial charge in [-0.2, -0.15) is 4.98 Å². The molecule has 0 radical (unpaired) electrons. The van der Waals surface area contributed by atoms with Gasteiger partial charge in [-0.05, 0) is 39.2 Å². The molecule has 21 heavy (non-hydrogen) atoms. The number of likely N-dealkylation sites (tertiary alicyclic amines) is 1. The van der Waals surface area contributed by atoms with Gasteiger partial charge in [0.05, 0.1) is 12.7 Å². The Kier molecular flexibility index (Phi) is 3.25. The summed E-state index contributed by atoms with van der Waals surface area (Å²) >= 11 is 0. The lowest BCUT2D eigenvalue weighted by Gasteiger charge is -2.30. The summed E-state index contributed by atoms with van der Waals surface area (Å²) in [6, 6.07) is 0. The van der Waals surface area contributed by atoms with E-state index in [0.29, 0.717) is 11.8 Å². The Balaban J connectivity index is 1.41. The summed E-state index contributed by atoms with van der Waals surface area (Å²) in [6.07, 6.45) is 6.45. The third kappa shape index (κ3) is 2.85. The summed E-state index contributed by atoms with van der Waals surface area (Å²) in [5, 5.41) is 4.19. The van der Waals surface area contributed by atoms with Gasteiger partial charge in [0.2, 0.25) is 11.8 Å². The topological polar surface area (TPSA) is 68.2 Å². The molecule has 6 heteroatoms. The molecule has 1 aliphatic carbocycles. The van der Waals surface area contributed by atoms with Crippen molar-refractivity contribution in [3.05, 3.63) is 29.6 Å². The smallest absolute Gasteiger partial charge is 0.229 e. The van der Waals surface area contributed by atoms with Crippen LogP contribution in [-0.2, 0) is 6.54 Å². The van der Waals surface area contributed by atoms with Crippen LogP contribution >= 0.6 is 0 Å². The normalized spacial score (nSPS) is 23.6. The molecular weight excluding hydrogens is 268 g/mol. The maximum absolute atomic E-state index is 5.57. The predicted molar refractivity (Wildman–Crippen MR) is 74.8 cm³/mol. The van der Waals surface area contributed by atoms with Crippen molar-refractivity contribution in [2.45, 2.75) is 51.0 Å². The molecule has 2 fully saturated rings. The summed E-state index contributed by atoms with van der Waals surface area (Å²) in [5.41, 5.74) is 0. The number of hydrogen-bond donors (Lipinski definition) is 0. The quantitative estimate of drug-likeness (QED) is 0.861. The molecule has 0 aromatic carbocycles. The molecule has 2 aliphatic rings. The Morgan fingerprint density at radius 2 is 2.19 bits per heavy atom. The lowest BCUT2D eigenvalue weighted by molar-refractivity contribution is 0.178. The van der Waals surface area contributed by atoms with Crippen molar-refractivity contribution >= 4 is 0 Å². The predicted octanol–water partition coefficient (Wildman–Crippen LogP) is 2.62. The fourth-order valence-electron chi connectivity index (χ4n) is 2.98. The largest absolute Gasteiger partial charge is 0.445 e. The van der Waals surface area contributed by atoms with E-state index in [1.807, 2.05) is 6.92 Å². The number of aryl methyl sites for hydroxylation is 1. The third-order valence-electron chi connectivity index (χ3n) is 4.28. The van der Waals surface area contributed by atoms with Crippen molar-refractivity contribution in [3.8, 4) is 0 Å². The zero-order chi connectivity index (χ0) is 14.2. The van der Waals surface area contributed by atoms with Gasteiger partial charge in [0.25, 0.3) is 0 Å². The van der Waals surface area contributed by atoms with Crippen molar-refractivity contribution < 1.29 is 8.94 Å². The molecule has 0 spiro atoms. The average molecular weight is 288 g/mol. The summed E-state index contributed by atoms with van der Waals surface area (Å²) in [7, 11) is 0. The fraction of sp³-hybridized carbons (Fsp3) is 0.667. The first-order valence-electron chi connectivity index (χ1n) is 7.75. The van der Waals surface area contributed by atoms with Gasteiger partial charge in [-0.15, -0.1) is 0 Å². The molecule has 1 atom stereocenters. The maximum atomic E-state index is 5.57. The van der Waals surface area contributed by atoms with Crippen LogP contribution in [0, 0.1) is 6.92 Å². The summed E-state index contributed by atoms with van der Waals surface area (Å²) in [6.45, 7) is 4.71. The molecule has 1 aliphatic heterocycles. The van der Waals surface area contributed by atoms with Crippen molar-refractivity contribution in [2.75, 3.05) is 13.1 Å². The first-order valence-corrected chi connectivity index (χ1v) is 7.75. The van der Waals surface area contributed by atoms with Crippen LogP contribution in [0.3, 0.4) is 0 Å². The van der Waals surface area contributed by atoms with Crippen LogP contribution in [0.4, 0.5) is 0 Å². The second-order valence-electron chi connectivity index (χ2n) is 6.20. The molecule has 4 rings (SSSR count). The maximum Gasteiger partial charge on any atom is 0.229 e. The zero-order valence-electron chi connectivity index (χ0n) is 12.3. The molecule has 1 saturated heterocycles. The highest BCUT2D eigenvalue weighted by Gasteiger charge is 2.32. The fourth-order valence-corrected chi connectivity index (χ4v) is 2.98. The van der Waals surface area contributed by atoms with Gasteiger partial charge >= 0.3 is 0 Å². The Labute approximate surface area is 123 Å².